The fourth-order valence-electron chi connectivity index (χ4n) is 2.72. The third-order valence-electron chi connectivity index (χ3n) is 4.23. The number of aliphatic hydroxyl groups is 3. The quantitative estimate of drug-likeness (QED) is 0.374. The molecule has 0 spiro atoms. The minimum Gasteiger partial charge on any atom is -0.479 e. The summed E-state index contributed by atoms with van der Waals surface area (Å²) in [4.78, 5) is 22.6. The number of hydrogen-bond acceptors (Lipinski definition) is 9. The maximum atomic E-state index is 11.4. The molecule has 0 aromatic heterocycles. The average molecular weight is 413 g/mol. The van der Waals surface area contributed by atoms with Crippen LogP contribution in [0.2, 0.25) is 0 Å². The first-order valence-corrected chi connectivity index (χ1v) is 9.28. The van der Waals surface area contributed by atoms with Gasteiger partial charge in [-0.15, -0.1) is 0 Å². The molecule has 0 radical (unpaired) electrons. The minimum atomic E-state index is -1.81. The lowest BCUT2D eigenvalue weighted by atomic mass is 9.99. The lowest BCUT2D eigenvalue weighted by molar-refractivity contribution is -0.271. The molecule has 1 aliphatic rings. The van der Waals surface area contributed by atoms with Crippen LogP contribution in [0.5, 0.6) is 5.75 Å². The predicted molar refractivity (Wildman–Crippen MR) is 100 cm³/mol. The van der Waals surface area contributed by atoms with E-state index in [1.807, 2.05) is 13.8 Å². The smallest absolute Gasteiger partial charge is 0.335 e. The van der Waals surface area contributed by atoms with Crippen molar-refractivity contribution in [1.82, 2.24) is 0 Å². The summed E-state index contributed by atoms with van der Waals surface area (Å²) >= 11 is 0. The molecule has 1 aromatic rings. The van der Waals surface area contributed by atoms with Gasteiger partial charge in [-0.1, -0.05) is 13.0 Å². The van der Waals surface area contributed by atoms with E-state index in [4.69, 9.17) is 19.3 Å². The standard InChI is InChI=1S/C19H27NO9/c1-4-13(21)27-8-10-5-6-11(20-9(2)3)12(7-10)28-19-16(24)14(22)15(23)17(29-19)18(25)26/h5-7,9,14-17,19-20,22-24H,4,8H2,1-3H3,(H,25,26)/t14-,15-,16+,17-,19+/m0/s1. The van der Waals surface area contributed by atoms with Gasteiger partial charge in [0.25, 0.3) is 0 Å². The van der Waals surface area contributed by atoms with Crippen LogP contribution in [-0.4, -0.2) is 69.1 Å². The second-order valence-electron chi connectivity index (χ2n) is 7.00. The molecule has 10 heteroatoms. The predicted octanol–water partition coefficient (Wildman–Crippen LogP) is 0.231. The number of carboxylic acid groups (broad SMARTS) is 1. The lowest BCUT2D eigenvalue weighted by Gasteiger charge is -2.38. The number of benzene rings is 1. The number of esters is 1. The molecule has 0 saturated carbocycles. The number of rotatable bonds is 8. The van der Waals surface area contributed by atoms with Gasteiger partial charge in [-0.2, -0.15) is 0 Å². The Balaban J connectivity index is 2.27. The molecule has 1 saturated heterocycles. The summed E-state index contributed by atoms with van der Waals surface area (Å²) in [6, 6.07) is 4.98. The van der Waals surface area contributed by atoms with E-state index < -0.39 is 36.7 Å². The van der Waals surface area contributed by atoms with E-state index in [-0.39, 0.29) is 30.8 Å². The monoisotopic (exact) mass is 413 g/mol. The summed E-state index contributed by atoms with van der Waals surface area (Å²) in [6.45, 7) is 5.46. The summed E-state index contributed by atoms with van der Waals surface area (Å²) in [5.41, 5.74) is 1.12. The van der Waals surface area contributed by atoms with Crippen molar-refractivity contribution < 1.29 is 44.2 Å². The van der Waals surface area contributed by atoms with Crippen LogP contribution in [0.15, 0.2) is 18.2 Å². The van der Waals surface area contributed by atoms with Crippen molar-refractivity contribution in [1.29, 1.82) is 0 Å². The van der Waals surface area contributed by atoms with E-state index in [1.165, 1.54) is 0 Å². The van der Waals surface area contributed by atoms with E-state index in [0.717, 1.165) is 0 Å². The topological polar surface area (TPSA) is 155 Å². The highest BCUT2D eigenvalue weighted by Crippen LogP contribution is 2.31. The fraction of sp³-hybridized carbons (Fsp3) is 0.579. The minimum absolute atomic E-state index is 0.00183. The third-order valence-corrected chi connectivity index (χ3v) is 4.23. The van der Waals surface area contributed by atoms with Crippen molar-refractivity contribution in [2.24, 2.45) is 0 Å². The molecule has 5 N–H and O–H groups in total. The van der Waals surface area contributed by atoms with Crippen molar-refractivity contribution in [2.45, 2.75) is 70.5 Å². The zero-order chi connectivity index (χ0) is 21.7. The molecule has 29 heavy (non-hydrogen) atoms. The largest absolute Gasteiger partial charge is 0.479 e. The van der Waals surface area contributed by atoms with Gasteiger partial charge in [0.15, 0.2) is 6.10 Å². The Morgan fingerprint density at radius 3 is 2.45 bits per heavy atom. The second kappa shape index (κ2) is 9.88. The maximum absolute atomic E-state index is 11.4. The van der Waals surface area contributed by atoms with Crippen LogP contribution >= 0.6 is 0 Å². The van der Waals surface area contributed by atoms with Gasteiger partial charge in [-0.05, 0) is 31.5 Å². The zero-order valence-corrected chi connectivity index (χ0v) is 16.4. The van der Waals surface area contributed by atoms with Gasteiger partial charge < -0.3 is 40.0 Å². The summed E-state index contributed by atoms with van der Waals surface area (Å²) in [7, 11) is 0. The number of carboxylic acids is 1. The number of aliphatic carboxylic acids is 1. The van der Waals surface area contributed by atoms with Crippen molar-refractivity contribution in [2.75, 3.05) is 5.32 Å². The van der Waals surface area contributed by atoms with Crippen LogP contribution in [0.4, 0.5) is 5.69 Å². The SMILES string of the molecule is CCC(=O)OCc1ccc(NC(C)C)c(O[C@@H]2O[C@H](C(=O)O)[C@@H](O)[C@H](O)[C@H]2O)c1. The van der Waals surface area contributed by atoms with Crippen molar-refractivity contribution in [3.8, 4) is 5.75 Å². The van der Waals surface area contributed by atoms with Gasteiger partial charge in [0.1, 0.15) is 30.7 Å². The normalized spacial score (nSPS) is 26.8. The van der Waals surface area contributed by atoms with Gasteiger partial charge >= 0.3 is 11.9 Å². The highest BCUT2D eigenvalue weighted by atomic mass is 16.7. The van der Waals surface area contributed by atoms with Gasteiger partial charge in [0, 0.05) is 12.5 Å². The Labute approximate surface area is 168 Å². The highest BCUT2D eigenvalue weighted by molar-refractivity contribution is 5.73. The number of hydrogen-bond donors (Lipinski definition) is 5. The first-order valence-electron chi connectivity index (χ1n) is 9.28. The summed E-state index contributed by atoms with van der Waals surface area (Å²) in [5.74, 6) is -1.68. The Hall–Kier alpha value is -2.40. The number of carbonyl (C=O) groups excluding carboxylic acids is 1. The number of nitrogens with one attached hydrogen (secondary N) is 1. The van der Waals surface area contributed by atoms with Gasteiger partial charge in [-0.25, -0.2) is 4.79 Å². The van der Waals surface area contributed by atoms with Crippen LogP contribution in [0, 0.1) is 0 Å². The second-order valence-corrected chi connectivity index (χ2v) is 7.00. The van der Waals surface area contributed by atoms with Crippen LogP contribution in [-0.2, 0) is 25.7 Å². The van der Waals surface area contributed by atoms with E-state index >= 15 is 0 Å². The molecule has 5 atom stereocenters. The summed E-state index contributed by atoms with van der Waals surface area (Å²) in [5, 5.41) is 42.2. The van der Waals surface area contributed by atoms with Crippen LogP contribution in [0.3, 0.4) is 0 Å². The van der Waals surface area contributed by atoms with E-state index in [0.29, 0.717) is 11.3 Å². The first kappa shape index (κ1) is 22.9. The highest BCUT2D eigenvalue weighted by Gasteiger charge is 2.48. The molecule has 0 amide bonds. The first-order chi connectivity index (χ1) is 13.6. The molecule has 1 heterocycles. The Bertz CT molecular complexity index is 724. The summed E-state index contributed by atoms with van der Waals surface area (Å²) in [6.07, 6.45) is -8.35. The maximum Gasteiger partial charge on any atom is 0.335 e. The Morgan fingerprint density at radius 2 is 1.86 bits per heavy atom. The van der Waals surface area contributed by atoms with Crippen LogP contribution < -0.4 is 10.1 Å². The van der Waals surface area contributed by atoms with Crippen molar-refractivity contribution >= 4 is 17.6 Å². The summed E-state index contributed by atoms with van der Waals surface area (Å²) < 4.78 is 15.9. The van der Waals surface area contributed by atoms with Crippen molar-refractivity contribution in [3.05, 3.63) is 23.8 Å². The van der Waals surface area contributed by atoms with Gasteiger partial charge in [0.2, 0.25) is 6.29 Å². The third kappa shape index (κ3) is 5.80. The number of anilines is 1. The number of carbonyl (C=O) groups is 2. The molecule has 162 valence electrons. The molecule has 10 nitrogen and oxygen atoms in total. The fourth-order valence-corrected chi connectivity index (χ4v) is 2.72. The number of aliphatic hydroxyl groups excluding tert-OH is 3. The van der Waals surface area contributed by atoms with Gasteiger partial charge in [0.05, 0.1) is 5.69 Å². The van der Waals surface area contributed by atoms with E-state index in [2.05, 4.69) is 5.32 Å². The van der Waals surface area contributed by atoms with E-state index in [9.17, 15) is 24.9 Å². The average Bonchev–Trinajstić information content (AvgIpc) is 2.67. The van der Waals surface area contributed by atoms with E-state index in [1.54, 1.807) is 25.1 Å². The molecule has 1 fully saturated rings. The lowest BCUT2D eigenvalue weighted by Crippen LogP contribution is -2.61. The van der Waals surface area contributed by atoms with Crippen LogP contribution in [0.1, 0.15) is 32.8 Å². The Kier molecular flexibility index (Phi) is 7.80. The Morgan fingerprint density at radius 1 is 1.17 bits per heavy atom. The molecule has 0 aliphatic carbocycles. The molecular formula is C19H27NO9. The zero-order valence-electron chi connectivity index (χ0n) is 16.4. The molecule has 1 aliphatic heterocycles. The molecule has 0 unspecified atom stereocenters. The molecule has 0 bridgehead atoms. The van der Waals surface area contributed by atoms with Crippen LogP contribution in [0.25, 0.3) is 0 Å². The molecule has 1 aromatic carbocycles. The molecular weight excluding hydrogens is 386 g/mol. The molecule has 2 rings (SSSR count). The van der Waals surface area contributed by atoms with Gasteiger partial charge in [-0.3, -0.25) is 4.79 Å². The van der Waals surface area contributed by atoms with Crippen molar-refractivity contribution in [3.63, 3.8) is 0 Å². The number of ether oxygens (including phenoxy) is 3.